The van der Waals surface area contributed by atoms with Crippen LogP contribution >= 0.6 is 23.2 Å². The monoisotopic (exact) mass is 349 g/mol. The number of halogens is 2. The maximum absolute atomic E-state index is 11.8. The number of benzene rings is 2. The number of rotatable bonds is 3. The quantitative estimate of drug-likeness (QED) is 0.506. The summed E-state index contributed by atoms with van der Waals surface area (Å²) in [5, 5.41) is 6.72. The number of hydrogen-bond acceptors (Lipinski definition) is 3. The van der Waals surface area contributed by atoms with Crippen LogP contribution in [-0.2, 0) is 9.59 Å². The van der Waals surface area contributed by atoms with Gasteiger partial charge in [-0.1, -0.05) is 59.6 Å². The van der Waals surface area contributed by atoms with Crippen molar-refractivity contribution in [1.82, 2.24) is 5.43 Å². The van der Waals surface area contributed by atoms with Gasteiger partial charge in [-0.3, -0.25) is 9.59 Å². The van der Waals surface area contributed by atoms with Gasteiger partial charge in [-0.15, -0.1) is 0 Å². The number of hydrazone groups is 1. The summed E-state index contributed by atoms with van der Waals surface area (Å²) in [4.78, 5) is 23.6. The van der Waals surface area contributed by atoms with E-state index in [1.54, 1.807) is 19.1 Å². The van der Waals surface area contributed by atoms with Gasteiger partial charge in [-0.2, -0.15) is 5.10 Å². The minimum Gasteiger partial charge on any atom is -0.316 e. The molecule has 2 aromatic carbocycles. The van der Waals surface area contributed by atoms with E-state index in [2.05, 4.69) is 15.8 Å². The standard InChI is InChI=1S/C16H13Cl2N3O2/c1-10(11-6-3-2-4-7-11)20-21-16(23)15(22)19-13-9-5-8-12(17)14(13)18/h2-9H,1H3,(H,19,22)(H,21,23). The third-order valence-electron chi connectivity index (χ3n) is 2.92. The Kier molecular flexibility index (Phi) is 5.73. The normalized spacial score (nSPS) is 11.0. The molecule has 0 aliphatic rings. The van der Waals surface area contributed by atoms with Crippen molar-refractivity contribution in [2.24, 2.45) is 5.10 Å². The molecule has 7 heteroatoms. The smallest absolute Gasteiger partial charge is 0.316 e. The average molecular weight is 350 g/mol. The summed E-state index contributed by atoms with van der Waals surface area (Å²) in [5.41, 5.74) is 3.86. The number of hydrogen-bond donors (Lipinski definition) is 2. The van der Waals surface area contributed by atoms with Gasteiger partial charge in [0.15, 0.2) is 0 Å². The van der Waals surface area contributed by atoms with Crippen molar-refractivity contribution < 1.29 is 9.59 Å². The van der Waals surface area contributed by atoms with Crippen molar-refractivity contribution in [3.63, 3.8) is 0 Å². The second-order valence-corrected chi connectivity index (χ2v) is 5.34. The van der Waals surface area contributed by atoms with E-state index in [0.717, 1.165) is 5.56 Å². The molecule has 0 bridgehead atoms. The number of amides is 2. The van der Waals surface area contributed by atoms with Crippen molar-refractivity contribution in [3.8, 4) is 0 Å². The molecule has 0 atom stereocenters. The summed E-state index contributed by atoms with van der Waals surface area (Å²) < 4.78 is 0. The summed E-state index contributed by atoms with van der Waals surface area (Å²) >= 11 is 11.8. The Labute approximate surface area is 143 Å². The number of nitrogens with one attached hydrogen (secondary N) is 2. The summed E-state index contributed by atoms with van der Waals surface area (Å²) in [6.45, 7) is 1.72. The predicted molar refractivity (Wildman–Crippen MR) is 91.9 cm³/mol. The fourth-order valence-electron chi connectivity index (χ4n) is 1.71. The second-order valence-electron chi connectivity index (χ2n) is 4.56. The second kappa shape index (κ2) is 7.76. The highest BCUT2D eigenvalue weighted by molar-refractivity contribution is 6.45. The molecule has 2 rings (SSSR count). The van der Waals surface area contributed by atoms with Crippen molar-refractivity contribution in [1.29, 1.82) is 0 Å². The number of nitrogens with zero attached hydrogens (tertiary/aromatic N) is 1. The summed E-state index contributed by atoms with van der Waals surface area (Å²) in [6.07, 6.45) is 0. The Hall–Kier alpha value is -2.37. The Balaban J connectivity index is 2.01. The summed E-state index contributed by atoms with van der Waals surface area (Å²) in [7, 11) is 0. The Morgan fingerprint density at radius 2 is 1.65 bits per heavy atom. The lowest BCUT2D eigenvalue weighted by atomic mass is 10.1. The van der Waals surface area contributed by atoms with E-state index in [0.29, 0.717) is 5.71 Å². The molecule has 23 heavy (non-hydrogen) atoms. The topological polar surface area (TPSA) is 70.6 Å². The van der Waals surface area contributed by atoms with E-state index in [4.69, 9.17) is 23.2 Å². The van der Waals surface area contributed by atoms with Gasteiger partial charge in [0.25, 0.3) is 0 Å². The fraction of sp³-hybridized carbons (Fsp3) is 0.0625. The maximum Gasteiger partial charge on any atom is 0.329 e. The van der Waals surface area contributed by atoms with E-state index >= 15 is 0 Å². The first kappa shape index (κ1) is 17.0. The van der Waals surface area contributed by atoms with E-state index in [-0.39, 0.29) is 15.7 Å². The van der Waals surface area contributed by atoms with Crippen molar-refractivity contribution in [3.05, 3.63) is 64.1 Å². The molecule has 0 aliphatic carbocycles. The fourth-order valence-corrected chi connectivity index (χ4v) is 2.06. The molecule has 5 nitrogen and oxygen atoms in total. The largest absolute Gasteiger partial charge is 0.329 e. The van der Waals surface area contributed by atoms with Gasteiger partial charge < -0.3 is 5.32 Å². The zero-order valence-electron chi connectivity index (χ0n) is 12.1. The van der Waals surface area contributed by atoms with Crippen LogP contribution < -0.4 is 10.7 Å². The highest BCUT2D eigenvalue weighted by Crippen LogP contribution is 2.29. The lowest BCUT2D eigenvalue weighted by Gasteiger charge is -2.07. The first-order valence-electron chi connectivity index (χ1n) is 6.64. The molecule has 118 valence electrons. The Bertz CT molecular complexity index is 761. The van der Waals surface area contributed by atoms with Gasteiger partial charge in [0.2, 0.25) is 0 Å². The van der Waals surface area contributed by atoms with Gasteiger partial charge in [-0.25, -0.2) is 5.43 Å². The number of carbonyl (C=O) groups is 2. The third-order valence-corrected chi connectivity index (χ3v) is 3.74. The molecule has 0 aliphatic heterocycles. The van der Waals surface area contributed by atoms with Gasteiger partial charge in [0, 0.05) is 0 Å². The average Bonchev–Trinajstić information content (AvgIpc) is 2.57. The lowest BCUT2D eigenvalue weighted by molar-refractivity contribution is -0.136. The molecule has 2 aromatic rings. The summed E-state index contributed by atoms with van der Waals surface area (Å²) in [5.74, 6) is -1.80. The van der Waals surface area contributed by atoms with Gasteiger partial charge in [0.05, 0.1) is 21.4 Å². The van der Waals surface area contributed by atoms with Crippen LogP contribution in [-0.4, -0.2) is 17.5 Å². The number of carbonyl (C=O) groups excluding carboxylic acids is 2. The lowest BCUT2D eigenvalue weighted by Crippen LogP contribution is -2.33. The van der Waals surface area contributed by atoms with Crippen molar-refractivity contribution in [2.45, 2.75) is 6.92 Å². The molecule has 0 fully saturated rings. The van der Waals surface area contributed by atoms with Crippen molar-refractivity contribution >= 4 is 46.4 Å². The molecular weight excluding hydrogens is 337 g/mol. The van der Waals surface area contributed by atoms with E-state index in [1.807, 2.05) is 30.3 Å². The van der Waals surface area contributed by atoms with Crippen LogP contribution in [0.15, 0.2) is 53.6 Å². The molecule has 0 aromatic heterocycles. The van der Waals surface area contributed by atoms with Gasteiger partial charge in [-0.05, 0) is 24.6 Å². The van der Waals surface area contributed by atoms with Crippen LogP contribution in [0.2, 0.25) is 10.0 Å². The minimum atomic E-state index is -0.906. The molecule has 0 radical (unpaired) electrons. The molecule has 0 saturated carbocycles. The van der Waals surface area contributed by atoms with Gasteiger partial charge in [0.1, 0.15) is 0 Å². The van der Waals surface area contributed by atoms with Crippen molar-refractivity contribution in [2.75, 3.05) is 5.32 Å². The molecule has 2 amide bonds. The van der Waals surface area contributed by atoms with Crippen LogP contribution in [0.1, 0.15) is 12.5 Å². The Morgan fingerprint density at radius 1 is 0.957 bits per heavy atom. The van der Waals surface area contributed by atoms with Gasteiger partial charge >= 0.3 is 11.8 Å². The molecule has 0 saturated heterocycles. The Morgan fingerprint density at radius 3 is 2.35 bits per heavy atom. The molecule has 2 N–H and O–H groups in total. The third kappa shape index (κ3) is 4.55. The zero-order chi connectivity index (χ0) is 16.8. The SMILES string of the molecule is CC(=NNC(=O)C(=O)Nc1cccc(Cl)c1Cl)c1ccccc1. The number of anilines is 1. The highest BCUT2D eigenvalue weighted by Gasteiger charge is 2.15. The van der Waals surface area contributed by atoms with Crippen LogP contribution in [0.3, 0.4) is 0 Å². The molecule has 0 heterocycles. The zero-order valence-corrected chi connectivity index (χ0v) is 13.7. The van der Waals surface area contributed by atoms with E-state index in [1.165, 1.54) is 6.07 Å². The van der Waals surface area contributed by atoms with Crippen LogP contribution in [0.25, 0.3) is 0 Å². The van der Waals surface area contributed by atoms with E-state index < -0.39 is 11.8 Å². The summed E-state index contributed by atoms with van der Waals surface area (Å²) in [6, 6.07) is 14.0. The maximum atomic E-state index is 11.8. The van der Waals surface area contributed by atoms with Crippen LogP contribution in [0.4, 0.5) is 5.69 Å². The first-order chi connectivity index (χ1) is 11.0. The van der Waals surface area contributed by atoms with Crippen LogP contribution in [0, 0.1) is 0 Å². The first-order valence-corrected chi connectivity index (χ1v) is 7.39. The minimum absolute atomic E-state index is 0.166. The van der Waals surface area contributed by atoms with E-state index in [9.17, 15) is 9.59 Å². The molecule has 0 spiro atoms. The molecule has 0 unspecified atom stereocenters. The highest BCUT2D eigenvalue weighted by atomic mass is 35.5. The predicted octanol–water partition coefficient (Wildman–Crippen LogP) is 3.47. The van der Waals surface area contributed by atoms with Crippen LogP contribution in [0.5, 0.6) is 0 Å². The molecular formula is C16H13Cl2N3O2.